The molecule has 0 aliphatic rings. The Morgan fingerprint density at radius 3 is 2.07 bits per heavy atom. The van der Waals surface area contributed by atoms with Gasteiger partial charge in [0.15, 0.2) is 21.5 Å². The predicted molar refractivity (Wildman–Crippen MR) is 86.6 cm³/mol. The highest BCUT2D eigenvalue weighted by atomic mass is 32.2. The topological polar surface area (TPSA) is 98.3 Å². The Bertz CT molecular complexity index is 999. The Morgan fingerprint density at radius 2 is 1.61 bits per heavy atom. The van der Waals surface area contributed by atoms with Crippen LogP contribution in [0.15, 0.2) is 40.5 Å². The van der Waals surface area contributed by atoms with Crippen LogP contribution in [0.25, 0.3) is 0 Å². The summed E-state index contributed by atoms with van der Waals surface area (Å²) >= 11 is 0. The number of nitrogens with two attached hydrogens (primary N) is 1. The lowest BCUT2D eigenvalue weighted by atomic mass is 10.2. The molecule has 2 aromatic heterocycles. The lowest BCUT2D eigenvalue weighted by Crippen LogP contribution is -2.22. The fraction of sp³-hybridized carbons (Fsp3) is 0.267. The molecular formula is C15H12F6N4O2S. The number of hydrogen-bond donors (Lipinski definition) is 1. The van der Waals surface area contributed by atoms with E-state index >= 15 is 0 Å². The first kappa shape index (κ1) is 21.6. The normalized spacial score (nSPS) is 13.6. The summed E-state index contributed by atoms with van der Waals surface area (Å²) in [5, 5.41) is 0. The quantitative estimate of drug-likeness (QED) is 0.459. The highest BCUT2D eigenvalue weighted by molar-refractivity contribution is 7.91. The largest absolute Gasteiger partial charge is 0.417 e. The average molecular weight is 426 g/mol. The van der Waals surface area contributed by atoms with E-state index in [1.807, 2.05) is 0 Å². The number of pyridine rings is 2. The van der Waals surface area contributed by atoms with Gasteiger partial charge in [0.05, 0.1) is 21.8 Å². The molecule has 2 heterocycles. The molecule has 0 aliphatic heterocycles. The molecule has 2 aromatic rings. The second-order valence-corrected chi connectivity index (χ2v) is 7.62. The van der Waals surface area contributed by atoms with E-state index in [1.54, 1.807) is 0 Å². The molecule has 0 radical (unpaired) electrons. The van der Waals surface area contributed by atoms with E-state index in [2.05, 4.69) is 15.0 Å². The minimum absolute atomic E-state index is 0.313. The van der Waals surface area contributed by atoms with Crippen LogP contribution in [0.2, 0.25) is 0 Å². The van der Waals surface area contributed by atoms with Gasteiger partial charge in [0.25, 0.3) is 0 Å². The summed E-state index contributed by atoms with van der Waals surface area (Å²) in [6, 6.07) is 1.92. The third kappa shape index (κ3) is 4.77. The van der Waals surface area contributed by atoms with E-state index in [9.17, 15) is 34.8 Å². The van der Waals surface area contributed by atoms with Gasteiger partial charge in [0, 0.05) is 12.4 Å². The van der Waals surface area contributed by atoms with Crippen LogP contribution in [0.1, 0.15) is 23.7 Å². The van der Waals surface area contributed by atoms with E-state index < -0.39 is 55.5 Å². The molecule has 152 valence electrons. The van der Waals surface area contributed by atoms with Crippen LogP contribution in [0.3, 0.4) is 0 Å². The number of amidine groups is 1. The van der Waals surface area contributed by atoms with Crippen molar-refractivity contribution in [3.63, 3.8) is 0 Å². The van der Waals surface area contributed by atoms with E-state index in [-0.39, 0.29) is 5.82 Å². The van der Waals surface area contributed by atoms with Crippen LogP contribution in [0, 0.1) is 0 Å². The van der Waals surface area contributed by atoms with Gasteiger partial charge in [0.2, 0.25) is 0 Å². The second-order valence-electron chi connectivity index (χ2n) is 5.37. The van der Waals surface area contributed by atoms with E-state index in [1.165, 1.54) is 6.92 Å². The van der Waals surface area contributed by atoms with Crippen LogP contribution in [0.4, 0.5) is 32.2 Å². The number of aliphatic imine (C=N–C) groups is 1. The highest BCUT2D eigenvalue weighted by Gasteiger charge is 2.34. The zero-order chi connectivity index (χ0) is 21.3. The number of hydrogen-bond acceptors (Lipinski definition) is 5. The van der Waals surface area contributed by atoms with Gasteiger partial charge < -0.3 is 5.73 Å². The van der Waals surface area contributed by atoms with Crippen molar-refractivity contribution < 1.29 is 34.8 Å². The molecule has 6 nitrogen and oxygen atoms in total. The number of nitrogens with zero attached hydrogens (tertiary/aromatic N) is 3. The van der Waals surface area contributed by atoms with Crippen LogP contribution in [0.5, 0.6) is 0 Å². The first-order valence-corrected chi connectivity index (χ1v) is 9.08. The molecular weight excluding hydrogens is 414 g/mol. The maximum absolute atomic E-state index is 12.9. The number of rotatable bonds is 4. The van der Waals surface area contributed by atoms with Gasteiger partial charge in [-0.2, -0.15) is 26.3 Å². The van der Waals surface area contributed by atoms with Gasteiger partial charge in [-0.15, -0.1) is 0 Å². The van der Waals surface area contributed by atoms with Gasteiger partial charge in [-0.3, -0.25) is 4.98 Å². The SMILES string of the molecule is CCS(=O)(=O)c1cc(C(F)(F)F)cnc1C(N)=Nc1ccc(C(F)(F)F)cn1. The molecule has 2 N–H and O–H groups in total. The predicted octanol–water partition coefficient (Wildman–Crippen LogP) is 3.34. The lowest BCUT2D eigenvalue weighted by Gasteiger charge is -2.12. The molecule has 0 amide bonds. The molecule has 0 spiro atoms. The summed E-state index contributed by atoms with van der Waals surface area (Å²) in [7, 11) is -4.17. The van der Waals surface area contributed by atoms with Crippen LogP contribution in [-0.2, 0) is 22.2 Å². The monoisotopic (exact) mass is 426 g/mol. The first-order valence-electron chi connectivity index (χ1n) is 7.43. The maximum atomic E-state index is 12.9. The number of aromatic nitrogens is 2. The fourth-order valence-electron chi connectivity index (χ4n) is 1.98. The molecule has 0 aromatic carbocycles. The molecule has 0 atom stereocenters. The van der Waals surface area contributed by atoms with Crippen molar-refractivity contribution in [3.8, 4) is 0 Å². The average Bonchev–Trinajstić information content (AvgIpc) is 2.60. The summed E-state index contributed by atoms with van der Waals surface area (Å²) in [5.74, 6) is -1.46. The third-order valence-corrected chi connectivity index (χ3v) is 5.19. The maximum Gasteiger partial charge on any atom is 0.417 e. The van der Waals surface area contributed by atoms with Crippen LogP contribution in [-0.4, -0.2) is 30.0 Å². The Balaban J connectivity index is 2.55. The highest BCUT2D eigenvalue weighted by Crippen LogP contribution is 2.32. The van der Waals surface area contributed by atoms with Crippen molar-refractivity contribution in [1.29, 1.82) is 0 Å². The molecule has 0 fully saturated rings. The molecule has 0 unspecified atom stereocenters. The molecule has 0 saturated carbocycles. The van der Waals surface area contributed by atoms with Gasteiger partial charge in [0.1, 0.15) is 5.69 Å². The fourth-order valence-corrected chi connectivity index (χ4v) is 3.05. The third-order valence-electron chi connectivity index (χ3n) is 3.45. The molecule has 28 heavy (non-hydrogen) atoms. The summed E-state index contributed by atoms with van der Waals surface area (Å²) in [6.45, 7) is 1.21. The minimum atomic E-state index is -4.84. The molecule has 2 rings (SSSR count). The Labute approximate surface area is 155 Å². The Hall–Kier alpha value is -2.70. The van der Waals surface area contributed by atoms with Crippen molar-refractivity contribution in [2.24, 2.45) is 10.7 Å². The van der Waals surface area contributed by atoms with Gasteiger partial charge in [-0.25, -0.2) is 18.4 Å². The van der Waals surface area contributed by atoms with Crippen molar-refractivity contribution >= 4 is 21.5 Å². The molecule has 0 saturated heterocycles. The van der Waals surface area contributed by atoms with Crippen molar-refractivity contribution in [1.82, 2.24) is 9.97 Å². The van der Waals surface area contributed by atoms with Crippen LogP contribution >= 0.6 is 0 Å². The van der Waals surface area contributed by atoms with Crippen molar-refractivity contribution in [3.05, 3.63) is 47.4 Å². The van der Waals surface area contributed by atoms with E-state index in [0.29, 0.717) is 24.5 Å². The first-order chi connectivity index (χ1) is 12.8. The number of sulfone groups is 1. The molecule has 0 bridgehead atoms. The van der Waals surface area contributed by atoms with Crippen LogP contribution < -0.4 is 5.73 Å². The van der Waals surface area contributed by atoms with E-state index in [4.69, 9.17) is 5.73 Å². The smallest absolute Gasteiger partial charge is 0.382 e. The summed E-state index contributed by atoms with van der Waals surface area (Å²) in [5.41, 5.74) is 2.73. The molecule has 13 heteroatoms. The second kappa shape index (κ2) is 7.37. The zero-order valence-corrected chi connectivity index (χ0v) is 14.8. The summed E-state index contributed by atoms with van der Waals surface area (Å²) < 4.78 is 101. The van der Waals surface area contributed by atoms with Crippen molar-refractivity contribution in [2.75, 3.05) is 5.75 Å². The Morgan fingerprint density at radius 1 is 1.04 bits per heavy atom. The van der Waals surface area contributed by atoms with E-state index in [0.717, 1.165) is 6.07 Å². The Kier molecular flexibility index (Phi) is 5.69. The minimum Gasteiger partial charge on any atom is -0.382 e. The lowest BCUT2D eigenvalue weighted by molar-refractivity contribution is -0.138. The zero-order valence-electron chi connectivity index (χ0n) is 14.0. The summed E-state index contributed by atoms with van der Waals surface area (Å²) in [6.07, 6.45) is -8.61. The standard InChI is InChI=1S/C15H12F6N4O2S/c1-2-28(26,27)10-5-9(15(19,20)21)7-24-12(10)13(22)25-11-4-3-8(6-23-11)14(16,17)18/h3-7H,2H2,1H3,(H2,22,23,25). The van der Waals surface area contributed by atoms with Gasteiger partial charge >= 0.3 is 12.4 Å². The number of alkyl halides is 6. The summed E-state index contributed by atoms with van der Waals surface area (Å²) in [4.78, 5) is 9.75. The van der Waals surface area contributed by atoms with Gasteiger partial charge in [-0.1, -0.05) is 6.92 Å². The molecule has 0 aliphatic carbocycles. The van der Waals surface area contributed by atoms with Gasteiger partial charge in [-0.05, 0) is 18.2 Å². The number of halogens is 6. The van der Waals surface area contributed by atoms with Crippen molar-refractivity contribution in [2.45, 2.75) is 24.2 Å².